The van der Waals surface area contributed by atoms with Gasteiger partial charge in [-0.1, -0.05) is 17.7 Å². The minimum atomic E-state index is -0.126. The lowest BCUT2D eigenvalue weighted by molar-refractivity contribution is 0.0914. The second-order valence-electron chi connectivity index (χ2n) is 7.78. The molecule has 4 aromatic rings. The Bertz CT molecular complexity index is 1310. The zero-order chi connectivity index (χ0) is 22.2. The maximum atomic E-state index is 12.6. The smallest absolute Gasteiger partial charge is 0.255 e. The second kappa shape index (κ2) is 8.16. The van der Waals surface area contributed by atoms with E-state index < -0.39 is 0 Å². The van der Waals surface area contributed by atoms with Crippen molar-refractivity contribution in [1.82, 2.24) is 30.3 Å². The molecule has 2 heterocycles. The number of anilines is 2. The highest BCUT2D eigenvalue weighted by Crippen LogP contribution is 2.32. The largest absolute Gasteiger partial charge is 0.496 e. The third-order valence-electron chi connectivity index (χ3n) is 5.71. The molecule has 3 N–H and O–H groups in total. The fourth-order valence-corrected chi connectivity index (χ4v) is 3.91. The van der Waals surface area contributed by atoms with Crippen LogP contribution in [-0.4, -0.2) is 44.0 Å². The second-order valence-corrected chi connectivity index (χ2v) is 8.16. The molecule has 1 saturated carbocycles. The van der Waals surface area contributed by atoms with Gasteiger partial charge < -0.3 is 15.4 Å². The molecule has 0 aliphatic heterocycles. The van der Waals surface area contributed by atoms with Gasteiger partial charge >= 0.3 is 0 Å². The molecule has 0 spiro atoms. The van der Waals surface area contributed by atoms with Gasteiger partial charge in [-0.25, -0.2) is 4.68 Å². The van der Waals surface area contributed by atoms with Crippen molar-refractivity contribution in [2.45, 2.75) is 25.3 Å². The number of carbonyl (C=O) groups is 1. The fourth-order valence-electron chi connectivity index (χ4n) is 3.65. The predicted octanol–water partition coefficient (Wildman–Crippen LogP) is 4.05. The molecular formula is C22H22ClN7O2. The Morgan fingerprint density at radius 3 is 2.88 bits per heavy atom. The zero-order valence-corrected chi connectivity index (χ0v) is 18.4. The van der Waals surface area contributed by atoms with Gasteiger partial charge in [0.05, 0.1) is 35.1 Å². The lowest BCUT2D eigenvalue weighted by atomic mass is 9.93. The molecule has 2 aromatic heterocycles. The van der Waals surface area contributed by atoms with Crippen molar-refractivity contribution in [3.05, 3.63) is 47.1 Å². The van der Waals surface area contributed by atoms with E-state index in [-0.39, 0.29) is 11.9 Å². The van der Waals surface area contributed by atoms with Crippen molar-refractivity contribution in [2.24, 2.45) is 7.05 Å². The summed E-state index contributed by atoms with van der Waals surface area (Å²) in [7, 11) is 3.34. The van der Waals surface area contributed by atoms with E-state index in [9.17, 15) is 4.79 Å². The van der Waals surface area contributed by atoms with E-state index in [0.29, 0.717) is 33.8 Å². The molecular weight excluding hydrogens is 430 g/mol. The van der Waals surface area contributed by atoms with Crippen molar-refractivity contribution >= 4 is 40.0 Å². The molecule has 10 heteroatoms. The summed E-state index contributed by atoms with van der Waals surface area (Å²) in [5.41, 5.74) is 2.79. The fraction of sp³-hybridized carbons (Fsp3) is 0.273. The van der Waals surface area contributed by atoms with Crippen molar-refractivity contribution in [1.29, 1.82) is 0 Å². The SMILES string of the molecule is COc1cc(-c2nc(Nc3ccc4[nH]ncc4c3Cl)n(C)n2)ccc1C(=O)NC1CCC1. The van der Waals surface area contributed by atoms with Crippen LogP contribution in [0.3, 0.4) is 0 Å². The molecule has 1 fully saturated rings. The summed E-state index contributed by atoms with van der Waals surface area (Å²) in [5, 5.41) is 19.0. The molecule has 2 aromatic carbocycles. The Morgan fingerprint density at radius 2 is 2.12 bits per heavy atom. The number of aryl methyl sites for hydroxylation is 1. The van der Waals surface area contributed by atoms with Crippen LogP contribution in [-0.2, 0) is 7.05 Å². The van der Waals surface area contributed by atoms with Crippen LogP contribution in [0.2, 0.25) is 5.02 Å². The number of rotatable bonds is 6. The summed E-state index contributed by atoms with van der Waals surface area (Å²) in [6, 6.07) is 9.35. The molecule has 1 amide bonds. The van der Waals surface area contributed by atoms with Crippen LogP contribution in [0, 0.1) is 0 Å². The summed E-state index contributed by atoms with van der Waals surface area (Å²) < 4.78 is 7.11. The first kappa shape index (κ1) is 20.3. The normalized spacial score (nSPS) is 13.7. The number of fused-ring (bicyclic) bond motifs is 1. The zero-order valence-electron chi connectivity index (χ0n) is 17.6. The quantitative estimate of drug-likeness (QED) is 0.408. The van der Waals surface area contributed by atoms with Gasteiger partial charge in [0.2, 0.25) is 5.95 Å². The monoisotopic (exact) mass is 451 g/mol. The van der Waals surface area contributed by atoms with Gasteiger partial charge in [-0.05, 0) is 43.5 Å². The minimum absolute atomic E-state index is 0.126. The number of H-pyrrole nitrogens is 1. The Hall–Kier alpha value is -3.59. The molecule has 0 bridgehead atoms. The third kappa shape index (κ3) is 3.64. The predicted molar refractivity (Wildman–Crippen MR) is 122 cm³/mol. The van der Waals surface area contributed by atoms with E-state index in [1.165, 1.54) is 0 Å². The van der Waals surface area contributed by atoms with E-state index in [1.807, 2.05) is 18.2 Å². The number of hydrogen-bond acceptors (Lipinski definition) is 6. The highest BCUT2D eigenvalue weighted by molar-refractivity contribution is 6.38. The van der Waals surface area contributed by atoms with Gasteiger partial charge in [0.15, 0.2) is 5.82 Å². The number of ether oxygens (including phenoxy) is 1. The van der Waals surface area contributed by atoms with Gasteiger partial charge in [-0.2, -0.15) is 10.1 Å². The first-order valence-electron chi connectivity index (χ1n) is 10.3. The molecule has 0 saturated heterocycles. The first-order chi connectivity index (χ1) is 15.5. The van der Waals surface area contributed by atoms with Gasteiger partial charge in [-0.15, -0.1) is 5.10 Å². The number of aromatic amines is 1. The molecule has 5 rings (SSSR count). The Balaban J connectivity index is 1.41. The van der Waals surface area contributed by atoms with Crippen LogP contribution in [0.25, 0.3) is 22.3 Å². The van der Waals surface area contributed by atoms with Gasteiger partial charge in [0.1, 0.15) is 5.75 Å². The van der Waals surface area contributed by atoms with Crippen LogP contribution in [0.5, 0.6) is 5.75 Å². The number of nitrogens with one attached hydrogen (secondary N) is 3. The first-order valence-corrected chi connectivity index (χ1v) is 10.7. The molecule has 0 unspecified atom stereocenters. The number of methoxy groups -OCH3 is 1. The highest BCUT2D eigenvalue weighted by atomic mass is 35.5. The Kier molecular flexibility index (Phi) is 5.18. The lowest BCUT2D eigenvalue weighted by Crippen LogP contribution is -2.39. The van der Waals surface area contributed by atoms with E-state index in [1.54, 1.807) is 37.2 Å². The van der Waals surface area contributed by atoms with Gasteiger partial charge in [0, 0.05) is 24.0 Å². The molecule has 1 aliphatic rings. The van der Waals surface area contributed by atoms with Crippen molar-refractivity contribution in [3.63, 3.8) is 0 Å². The number of hydrogen-bond donors (Lipinski definition) is 3. The number of benzene rings is 2. The summed E-state index contributed by atoms with van der Waals surface area (Å²) in [5.74, 6) is 1.38. The van der Waals surface area contributed by atoms with Crippen LogP contribution in [0.15, 0.2) is 36.5 Å². The summed E-state index contributed by atoms with van der Waals surface area (Å²) in [6.45, 7) is 0. The molecule has 1 aliphatic carbocycles. The number of amides is 1. The highest BCUT2D eigenvalue weighted by Gasteiger charge is 2.22. The average Bonchev–Trinajstić information content (AvgIpc) is 3.39. The lowest BCUT2D eigenvalue weighted by Gasteiger charge is -2.26. The topological polar surface area (TPSA) is 110 Å². The molecule has 9 nitrogen and oxygen atoms in total. The minimum Gasteiger partial charge on any atom is -0.496 e. The van der Waals surface area contributed by atoms with E-state index in [4.69, 9.17) is 16.3 Å². The Labute approximate surface area is 189 Å². The average molecular weight is 452 g/mol. The van der Waals surface area contributed by atoms with Crippen molar-refractivity contribution in [2.75, 3.05) is 12.4 Å². The Morgan fingerprint density at radius 1 is 1.28 bits per heavy atom. The molecule has 0 atom stereocenters. The van der Waals surface area contributed by atoms with E-state index >= 15 is 0 Å². The molecule has 32 heavy (non-hydrogen) atoms. The number of aromatic nitrogens is 5. The molecule has 0 radical (unpaired) electrons. The summed E-state index contributed by atoms with van der Waals surface area (Å²) in [6.07, 6.45) is 4.89. The third-order valence-corrected chi connectivity index (χ3v) is 6.12. The van der Waals surface area contributed by atoms with Crippen molar-refractivity contribution in [3.8, 4) is 17.1 Å². The van der Waals surface area contributed by atoms with Crippen LogP contribution >= 0.6 is 11.6 Å². The summed E-state index contributed by atoms with van der Waals surface area (Å²) >= 11 is 6.51. The van der Waals surface area contributed by atoms with Crippen molar-refractivity contribution < 1.29 is 9.53 Å². The van der Waals surface area contributed by atoms with E-state index in [0.717, 1.165) is 35.7 Å². The number of halogens is 1. The van der Waals surface area contributed by atoms with Gasteiger partial charge in [-0.3, -0.25) is 9.89 Å². The maximum absolute atomic E-state index is 12.6. The molecule has 164 valence electrons. The maximum Gasteiger partial charge on any atom is 0.255 e. The summed E-state index contributed by atoms with van der Waals surface area (Å²) in [4.78, 5) is 17.2. The van der Waals surface area contributed by atoms with Crippen LogP contribution in [0.4, 0.5) is 11.6 Å². The van der Waals surface area contributed by atoms with E-state index in [2.05, 4.69) is 30.9 Å². The van der Waals surface area contributed by atoms with Gasteiger partial charge in [0.25, 0.3) is 5.91 Å². The van der Waals surface area contributed by atoms with Crippen LogP contribution < -0.4 is 15.4 Å². The number of carbonyl (C=O) groups excluding carboxylic acids is 1. The standard InChI is InChI=1S/C22H22ClN7O2/c1-30-22(26-17-9-8-16-15(19(17)23)11-24-28-16)27-20(29-30)12-6-7-14(18(10-12)32-2)21(31)25-13-4-3-5-13/h6-11,13H,3-5H2,1-2H3,(H,24,28)(H,25,31)(H,26,27,29). The number of nitrogens with zero attached hydrogens (tertiary/aromatic N) is 4. The van der Waals surface area contributed by atoms with Crippen LogP contribution in [0.1, 0.15) is 29.6 Å².